The average Bonchev–Trinajstić information content (AvgIpc) is 3.49. The number of hydrogen-bond donors (Lipinski definition) is 0. The molecule has 0 spiro atoms. The average molecular weight is 644 g/mol. The van der Waals surface area contributed by atoms with Crippen molar-refractivity contribution in [3.63, 3.8) is 0 Å². The van der Waals surface area contributed by atoms with Gasteiger partial charge in [-0.2, -0.15) is 0 Å². The van der Waals surface area contributed by atoms with Gasteiger partial charge in [-0.3, -0.25) is 9.36 Å². The van der Waals surface area contributed by atoms with Crippen molar-refractivity contribution in [2.75, 3.05) is 27.4 Å². The van der Waals surface area contributed by atoms with E-state index >= 15 is 0 Å². The van der Waals surface area contributed by atoms with Gasteiger partial charge in [-0.15, -0.1) is 0 Å². The molecular weight excluding hydrogens is 606 g/mol. The highest BCUT2D eigenvalue weighted by Gasteiger charge is 2.34. The van der Waals surface area contributed by atoms with Crippen LogP contribution in [0.4, 0.5) is 0 Å². The zero-order chi connectivity index (χ0) is 33.3. The van der Waals surface area contributed by atoms with Crippen molar-refractivity contribution in [2.24, 2.45) is 4.99 Å². The first-order chi connectivity index (χ1) is 22.1. The highest BCUT2D eigenvalue weighted by molar-refractivity contribution is 7.07. The summed E-state index contributed by atoms with van der Waals surface area (Å²) in [6.45, 7) is 11.8. The predicted molar refractivity (Wildman–Crippen MR) is 176 cm³/mol. The molecule has 3 heterocycles. The van der Waals surface area contributed by atoms with Crippen molar-refractivity contribution in [2.45, 2.75) is 47.6 Å². The van der Waals surface area contributed by atoms with Crippen molar-refractivity contribution in [1.82, 2.24) is 9.13 Å². The number of nitrogens with zero attached hydrogens (tertiary/aromatic N) is 3. The lowest BCUT2D eigenvalue weighted by molar-refractivity contribution is -0.139. The summed E-state index contributed by atoms with van der Waals surface area (Å²) >= 11 is 1.26. The normalized spacial score (nSPS) is 14.5. The first-order valence-corrected chi connectivity index (χ1v) is 15.7. The molecule has 0 amide bonds. The number of methoxy groups -OCH3 is 2. The maximum Gasteiger partial charge on any atom is 0.338 e. The van der Waals surface area contributed by atoms with Crippen LogP contribution in [0.3, 0.4) is 0 Å². The van der Waals surface area contributed by atoms with Crippen LogP contribution in [0.15, 0.2) is 63.5 Å². The van der Waals surface area contributed by atoms with E-state index in [0.717, 1.165) is 28.2 Å². The molecule has 0 N–H and O–H groups in total. The van der Waals surface area contributed by atoms with Gasteiger partial charge in [0.1, 0.15) is 0 Å². The highest BCUT2D eigenvalue weighted by atomic mass is 32.1. The van der Waals surface area contributed by atoms with Crippen LogP contribution >= 0.6 is 11.3 Å². The molecule has 1 aliphatic heterocycles. The molecule has 0 fully saturated rings. The molecule has 0 unspecified atom stereocenters. The summed E-state index contributed by atoms with van der Waals surface area (Å²) < 4.78 is 25.8. The van der Waals surface area contributed by atoms with Crippen LogP contribution in [-0.4, -0.2) is 48.5 Å². The second-order valence-electron chi connectivity index (χ2n) is 10.7. The first kappa shape index (κ1) is 32.5. The summed E-state index contributed by atoms with van der Waals surface area (Å²) in [5.41, 5.74) is 5.92. The molecule has 0 aliphatic carbocycles. The molecule has 1 atom stereocenters. The smallest absolute Gasteiger partial charge is 0.338 e. The lowest BCUT2D eigenvalue weighted by Crippen LogP contribution is -2.40. The highest BCUT2D eigenvalue weighted by Crippen LogP contribution is 2.36. The van der Waals surface area contributed by atoms with E-state index in [1.807, 2.05) is 58.0 Å². The summed E-state index contributed by atoms with van der Waals surface area (Å²) in [5, 5.41) is 0. The summed E-state index contributed by atoms with van der Waals surface area (Å²) in [5.74, 6) is 0.103. The minimum absolute atomic E-state index is 0.178. The number of rotatable bonds is 9. The number of thiazole rings is 1. The fourth-order valence-corrected chi connectivity index (χ4v) is 6.92. The Morgan fingerprint density at radius 2 is 1.74 bits per heavy atom. The number of carbonyl (C=O) groups is 2. The van der Waals surface area contributed by atoms with E-state index in [1.54, 1.807) is 43.7 Å². The van der Waals surface area contributed by atoms with Crippen LogP contribution in [0.1, 0.15) is 65.2 Å². The summed E-state index contributed by atoms with van der Waals surface area (Å²) in [6, 6.07) is 12.1. The molecule has 46 heavy (non-hydrogen) atoms. The van der Waals surface area contributed by atoms with Crippen molar-refractivity contribution in [3.8, 4) is 17.2 Å². The zero-order valence-corrected chi connectivity index (χ0v) is 28.0. The van der Waals surface area contributed by atoms with Gasteiger partial charge in [0.15, 0.2) is 16.3 Å². The second-order valence-corrected chi connectivity index (χ2v) is 11.8. The van der Waals surface area contributed by atoms with Gasteiger partial charge in [0.25, 0.3) is 5.56 Å². The molecule has 5 rings (SSSR count). The Hall–Kier alpha value is -4.90. The van der Waals surface area contributed by atoms with Gasteiger partial charge in [0.05, 0.1) is 54.8 Å². The zero-order valence-electron chi connectivity index (χ0n) is 27.2. The van der Waals surface area contributed by atoms with Gasteiger partial charge in [-0.25, -0.2) is 14.6 Å². The van der Waals surface area contributed by atoms with Crippen molar-refractivity contribution in [3.05, 3.63) is 107 Å². The van der Waals surface area contributed by atoms with Crippen molar-refractivity contribution < 1.29 is 28.5 Å². The molecule has 11 heteroatoms. The SMILES string of the molecule is CCOC(=O)C1=C(C)N=c2s/c(=C/c3cc(C)n(-c4cccc(C(=O)OC)c4C)c3C)c(=O)n2[C@H]1c1ccc(OC)c(OCC)c1. The van der Waals surface area contributed by atoms with Gasteiger partial charge < -0.3 is 23.5 Å². The van der Waals surface area contributed by atoms with Gasteiger partial charge in [0, 0.05) is 17.1 Å². The van der Waals surface area contributed by atoms with Crippen LogP contribution in [0.2, 0.25) is 0 Å². The van der Waals surface area contributed by atoms with Gasteiger partial charge >= 0.3 is 11.9 Å². The molecular formula is C35H37N3O7S. The minimum atomic E-state index is -0.793. The number of allylic oxidation sites excluding steroid dienone is 1. The molecule has 1 aliphatic rings. The molecule has 240 valence electrons. The maximum atomic E-state index is 14.2. The number of hydrogen-bond acceptors (Lipinski definition) is 9. The van der Waals surface area contributed by atoms with E-state index in [4.69, 9.17) is 23.9 Å². The molecule has 4 aromatic rings. The van der Waals surface area contributed by atoms with E-state index in [1.165, 1.54) is 18.4 Å². The number of aromatic nitrogens is 2. The Morgan fingerprint density at radius 3 is 2.41 bits per heavy atom. The third-order valence-corrected chi connectivity index (χ3v) is 9.01. The fraction of sp³-hybridized carbons (Fsp3) is 0.314. The summed E-state index contributed by atoms with van der Waals surface area (Å²) in [6.07, 6.45) is 1.85. The minimum Gasteiger partial charge on any atom is -0.493 e. The number of esters is 2. The second kappa shape index (κ2) is 13.2. The molecule has 0 radical (unpaired) electrons. The molecule has 0 bridgehead atoms. The predicted octanol–water partition coefficient (Wildman–Crippen LogP) is 4.71. The van der Waals surface area contributed by atoms with Crippen LogP contribution < -0.4 is 24.4 Å². The maximum absolute atomic E-state index is 14.2. The topological polar surface area (TPSA) is 110 Å². The largest absolute Gasteiger partial charge is 0.493 e. The Labute approximate surface area is 270 Å². The van der Waals surface area contributed by atoms with Crippen LogP contribution in [0, 0.1) is 20.8 Å². The Morgan fingerprint density at radius 1 is 0.978 bits per heavy atom. The van der Waals surface area contributed by atoms with Crippen LogP contribution in [0.5, 0.6) is 11.5 Å². The third-order valence-electron chi connectivity index (χ3n) is 8.03. The number of aryl methyl sites for hydroxylation is 1. The van der Waals surface area contributed by atoms with Gasteiger partial charge in [-0.05, 0) is 94.6 Å². The molecule has 0 saturated heterocycles. The number of benzene rings is 2. The lowest BCUT2D eigenvalue weighted by atomic mass is 9.95. The van der Waals surface area contributed by atoms with E-state index in [-0.39, 0.29) is 17.7 Å². The summed E-state index contributed by atoms with van der Waals surface area (Å²) in [4.78, 5) is 45.1. The Bertz CT molecular complexity index is 2070. The molecule has 0 saturated carbocycles. The van der Waals surface area contributed by atoms with E-state index in [0.29, 0.717) is 44.3 Å². The first-order valence-electron chi connectivity index (χ1n) is 14.9. The lowest BCUT2D eigenvalue weighted by Gasteiger charge is -2.25. The third kappa shape index (κ3) is 5.66. The standard InChI is InChI=1S/C35H37N3O7S/c1-9-44-28-17-23(14-15-27(28)42-7)31-30(34(41)45-10-2)21(5)36-35-38(31)32(39)29(46-35)18-24-16-19(3)37(22(24)6)26-13-11-12-25(20(26)4)33(40)43-8/h11-18,31H,9-10H2,1-8H3/b29-18+/t31-/m0/s1. The van der Waals surface area contributed by atoms with Crippen LogP contribution in [0.25, 0.3) is 11.8 Å². The van der Waals surface area contributed by atoms with Crippen LogP contribution in [-0.2, 0) is 14.3 Å². The van der Waals surface area contributed by atoms with Gasteiger partial charge in [-0.1, -0.05) is 23.5 Å². The quantitative estimate of drug-likeness (QED) is 0.243. The number of fused-ring (bicyclic) bond motifs is 1. The Balaban J connectivity index is 1.70. The fourth-order valence-electron chi connectivity index (χ4n) is 5.88. The number of carbonyl (C=O) groups excluding carboxylic acids is 2. The van der Waals surface area contributed by atoms with E-state index in [2.05, 4.69) is 4.57 Å². The van der Waals surface area contributed by atoms with Crippen molar-refractivity contribution >= 4 is 29.4 Å². The summed E-state index contributed by atoms with van der Waals surface area (Å²) in [7, 11) is 2.92. The molecule has 10 nitrogen and oxygen atoms in total. The van der Waals surface area contributed by atoms with E-state index in [9.17, 15) is 14.4 Å². The monoisotopic (exact) mass is 643 g/mol. The molecule has 2 aromatic heterocycles. The molecule has 2 aromatic carbocycles. The Kier molecular flexibility index (Phi) is 9.34. The number of ether oxygens (including phenoxy) is 4. The van der Waals surface area contributed by atoms with E-state index < -0.39 is 18.0 Å². The van der Waals surface area contributed by atoms with Gasteiger partial charge in [0.2, 0.25) is 0 Å². The van der Waals surface area contributed by atoms with Crippen molar-refractivity contribution in [1.29, 1.82) is 0 Å².